The predicted octanol–water partition coefficient (Wildman–Crippen LogP) is 0.569. The van der Waals surface area contributed by atoms with Gasteiger partial charge in [0.15, 0.2) is 0 Å². The summed E-state index contributed by atoms with van der Waals surface area (Å²) in [6.07, 6.45) is 0. The van der Waals surface area contributed by atoms with E-state index in [0.29, 0.717) is 12.5 Å². The maximum atomic E-state index is 11.5. The zero-order valence-electron chi connectivity index (χ0n) is 8.61. The van der Waals surface area contributed by atoms with E-state index in [2.05, 4.69) is 4.72 Å². The highest BCUT2D eigenvalue weighted by Crippen LogP contribution is 2.18. The molecule has 0 spiro atoms. The quantitative estimate of drug-likeness (QED) is 0.718. The molecule has 0 aromatic carbocycles. The molecule has 4 nitrogen and oxygen atoms in total. The topological polar surface area (TPSA) is 49.4 Å². The second kappa shape index (κ2) is 3.55. The first-order valence-corrected chi connectivity index (χ1v) is 6.07. The van der Waals surface area contributed by atoms with Crippen molar-refractivity contribution in [3.63, 3.8) is 0 Å². The Hall–Kier alpha value is -0.130. The van der Waals surface area contributed by atoms with Crippen LogP contribution in [-0.2, 0) is 10.2 Å². The molecule has 5 heteroatoms. The van der Waals surface area contributed by atoms with Crippen molar-refractivity contribution >= 4 is 10.2 Å². The van der Waals surface area contributed by atoms with Crippen molar-refractivity contribution in [2.45, 2.75) is 39.8 Å². The zero-order valence-corrected chi connectivity index (χ0v) is 9.43. The third kappa shape index (κ3) is 2.21. The Labute approximate surface area is 80.5 Å². The van der Waals surface area contributed by atoms with Gasteiger partial charge in [0.25, 0.3) is 10.2 Å². The van der Waals surface area contributed by atoms with Crippen LogP contribution < -0.4 is 4.72 Å². The number of hydrogen-bond donors (Lipinski definition) is 1. The lowest BCUT2D eigenvalue weighted by Crippen LogP contribution is -2.35. The van der Waals surface area contributed by atoms with Gasteiger partial charge in [0.1, 0.15) is 0 Å². The zero-order chi connectivity index (χ0) is 10.2. The van der Waals surface area contributed by atoms with Crippen LogP contribution in [-0.4, -0.2) is 31.4 Å². The largest absolute Gasteiger partial charge is 0.280 e. The lowest BCUT2D eigenvalue weighted by atomic mass is 10.1. The van der Waals surface area contributed by atoms with Crippen LogP contribution in [0.1, 0.15) is 27.7 Å². The lowest BCUT2D eigenvalue weighted by molar-refractivity contribution is 0.343. The van der Waals surface area contributed by atoms with Crippen LogP contribution in [0.15, 0.2) is 0 Å². The predicted molar refractivity (Wildman–Crippen MR) is 52.5 cm³/mol. The number of hydrogen-bond acceptors (Lipinski definition) is 2. The monoisotopic (exact) mass is 206 g/mol. The van der Waals surface area contributed by atoms with Crippen LogP contribution in [0.3, 0.4) is 0 Å². The van der Waals surface area contributed by atoms with Crippen LogP contribution in [0, 0.1) is 5.92 Å². The van der Waals surface area contributed by atoms with Gasteiger partial charge < -0.3 is 0 Å². The third-order valence-electron chi connectivity index (χ3n) is 2.37. The Morgan fingerprint density at radius 3 is 2.08 bits per heavy atom. The molecule has 0 aromatic heterocycles. The molecule has 1 saturated heterocycles. The summed E-state index contributed by atoms with van der Waals surface area (Å²) in [5.74, 6) is 0.346. The van der Waals surface area contributed by atoms with Gasteiger partial charge in [-0.2, -0.15) is 17.4 Å². The van der Waals surface area contributed by atoms with E-state index < -0.39 is 10.2 Å². The minimum absolute atomic E-state index is 0.0428. The molecule has 1 heterocycles. The smallest absolute Gasteiger partial charge is 0.197 e. The summed E-state index contributed by atoms with van der Waals surface area (Å²) in [5.41, 5.74) is 0. The van der Waals surface area contributed by atoms with Crippen molar-refractivity contribution in [2.75, 3.05) is 6.54 Å². The van der Waals surface area contributed by atoms with Gasteiger partial charge in [0, 0.05) is 18.6 Å². The fourth-order valence-electron chi connectivity index (χ4n) is 1.42. The normalized spacial score (nSPS) is 28.9. The van der Waals surface area contributed by atoms with Crippen molar-refractivity contribution in [3.8, 4) is 0 Å². The van der Waals surface area contributed by atoms with Crippen molar-refractivity contribution in [2.24, 2.45) is 5.92 Å². The minimum atomic E-state index is -3.20. The van der Waals surface area contributed by atoms with Gasteiger partial charge in [-0.1, -0.05) is 13.8 Å². The molecule has 1 aliphatic rings. The van der Waals surface area contributed by atoms with E-state index in [4.69, 9.17) is 0 Å². The van der Waals surface area contributed by atoms with E-state index in [9.17, 15) is 8.42 Å². The van der Waals surface area contributed by atoms with E-state index in [0.717, 1.165) is 0 Å². The fourth-order valence-corrected chi connectivity index (χ4v) is 3.20. The first-order valence-electron chi connectivity index (χ1n) is 4.63. The van der Waals surface area contributed by atoms with Crippen LogP contribution >= 0.6 is 0 Å². The maximum absolute atomic E-state index is 11.5. The van der Waals surface area contributed by atoms with Crippen LogP contribution in [0.25, 0.3) is 0 Å². The summed E-state index contributed by atoms with van der Waals surface area (Å²) in [4.78, 5) is 0. The molecular formula is C8H18N2O2S. The van der Waals surface area contributed by atoms with Crippen LogP contribution in [0.5, 0.6) is 0 Å². The summed E-state index contributed by atoms with van der Waals surface area (Å²) in [7, 11) is -3.20. The first kappa shape index (κ1) is 10.9. The lowest BCUT2D eigenvalue weighted by Gasteiger charge is -2.17. The number of nitrogens with one attached hydrogen (secondary N) is 1. The molecule has 0 radical (unpaired) electrons. The van der Waals surface area contributed by atoms with E-state index >= 15 is 0 Å². The van der Waals surface area contributed by atoms with E-state index in [-0.39, 0.29) is 12.1 Å². The summed E-state index contributed by atoms with van der Waals surface area (Å²) < 4.78 is 27.2. The molecule has 78 valence electrons. The van der Waals surface area contributed by atoms with Crippen LogP contribution in [0.4, 0.5) is 0 Å². The molecular weight excluding hydrogens is 188 g/mol. The van der Waals surface area contributed by atoms with E-state index in [1.807, 2.05) is 27.7 Å². The average molecular weight is 206 g/mol. The van der Waals surface area contributed by atoms with Gasteiger partial charge in [-0.25, -0.2) is 0 Å². The highest BCUT2D eigenvalue weighted by Gasteiger charge is 2.37. The van der Waals surface area contributed by atoms with Gasteiger partial charge in [0.05, 0.1) is 0 Å². The Morgan fingerprint density at radius 1 is 1.31 bits per heavy atom. The van der Waals surface area contributed by atoms with Gasteiger partial charge in [-0.3, -0.25) is 0 Å². The van der Waals surface area contributed by atoms with Crippen molar-refractivity contribution in [1.82, 2.24) is 9.03 Å². The molecule has 0 saturated carbocycles. The average Bonchev–Trinajstić information content (AvgIpc) is 2.25. The molecule has 1 atom stereocenters. The van der Waals surface area contributed by atoms with E-state index in [1.165, 1.54) is 4.31 Å². The SMILES string of the molecule is CC(C)C1CN(C(C)C)S(=O)(=O)N1. The Kier molecular flexibility index (Phi) is 2.99. The van der Waals surface area contributed by atoms with E-state index in [1.54, 1.807) is 0 Å². The highest BCUT2D eigenvalue weighted by molar-refractivity contribution is 7.87. The third-order valence-corrected chi connectivity index (χ3v) is 4.16. The van der Waals surface area contributed by atoms with Gasteiger partial charge >= 0.3 is 0 Å². The molecule has 1 N–H and O–H groups in total. The van der Waals surface area contributed by atoms with Crippen molar-refractivity contribution in [1.29, 1.82) is 0 Å². The van der Waals surface area contributed by atoms with Crippen LogP contribution in [0.2, 0.25) is 0 Å². The number of nitrogens with zero attached hydrogens (tertiary/aromatic N) is 1. The molecule has 1 fully saturated rings. The summed E-state index contributed by atoms with van der Waals surface area (Å²) in [6, 6.07) is 0.105. The maximum Gasteiger partial charge on any atom is 0.280 e. The van der Waals surface area contributed by atoms with Crippen molar-refractivity contribution in [3.05, 3.63) is 0 Å². The molecule has 1 rings (SSSR count). The van der Waals surface area contributed by atoms with Crippen molar-refractivity contribution < 1.29 is 8.42 Å². The second-order valence-electron chi connectivity index (χ2n) is 4.14. The summed E-state index contributed by atoms with van der Waals surface area (Å²) in [6.45, 7) is 8.43. The molecule has 0 aliphatic carbocycles. The minimum Gasteiger partial charge on any atom is -0.197 e. The van der Waals surface area contributed by atoms with Gasteiger partial charge in [-0.05, 0) is 19.8 Å². The first-order chi connectivity index (χ1) is 5.84. The Morgan fingerprint density at radius 2 is 1.85 bits per heavy atom. The molecule has 0 amide bonds. The molecule has 0 bridgehead atoms. The molecule has 13 heavy (non-hydrogen) atoms. The molecule has 0 aromatic rings. The summed E-state index contributed by atoms with van der Waals surface area (Å²) >= 11 is 0. The number of rotatable bonds is 2. The van der Waals surface area contributed by atoms with Gasteiger partial charge in [0.2, 0.25) is 0 Å². The Bertz CT molecular complexity index is 272. The van der Waals surface area contributed by atoms with Gasteiger partial charge in [-0.15, -0.1) is 0 Å². The summed E-state index contributed by atoms with van der Waals surface area (Å²) in [5, 5.41) is 0. The molecule has 1 unspecified atom stereocenters. The standard InChI is InChI=1S/C8H18N2O2S/c1-6(2)8-5-10(7(3)4)13(11,12)9-8/h6-9H,5H2,1-4H3. The highest BCUT2D eigenvalue weighted by atomic mass is 32.2. The Balaban J connectivity index is 2.80. The fraction of sp³-hybridized carbons (Fsp3) is 1.00. The molecule has 1 aliphatic heterocycles. The second-order valence-corrected chi connectivity index (χ2v) is 5.79.